The number of rotatable bonds is 7. The van der Waals surface area contributed by atoms with Gasteiger partial charge in [-0.15, -0.1) is 0 Å². The van der Waals surface area contributed by atoms with Crippen LogP contribution in [0.3, 0.4) is 0 Å². The molecule has 0 aliphatic heterocycles. The molecule has 0 saturated heterocycles. The van der Waals surface area contributed by atoms with Crippen molar-refractivity contribution in [3.05, 3.63) is 77.0 Å². The maximum absolute atomic E-state index is 13.4. The van der Waals surface area contributed by atoms with Crippen LogP contribution in [0.15, 0.2) is 48.7 Å². The van der Waals surface area contributed by atoms with E-state index in [2.05, 4.69) is 15.6 Å². The Morgan fingerprint density at radius 3 is 2.38 bits per heavy atom. The molecule has 3 rings (SSSR count). The number of aromatic nitrogens is 1. The van der Waals surface area contributed by atoms with Gasteiger partial charge in [-0.1, -0.05) is 13.0 Å². The fourth-order valence-electron chi connectivity index (χ4n) is 3.49. The number of aliphatic hydroxyl groups excluding tert-OH is 1. The second-order valence-corrected chi connectivity index (χ2v) is 8.11. The zero-order chi connectivity index (χ0) is 25.0. The average Bonchev–Trinajstić information content (AvgIpc) is 2.77. The van der Waals surface area contributed by atoms with Crippen molar-refractivity contribution in [1.82, 2.24) is 10.3 Å². The Bertz CT molecular complexity index is 1210. The second-order valence-electron chi connectivity index (χ2n) is 8.11. The lowest BCUT2D eigenvalue weighted by Gasteiger charge is -2.15. The molecule has 5 N–H and O–H groups in total. The Morgan fingerprint density at radius 1 is 1.09 bits per heavy atom. The Labute approximate surface area is 196 Å². The number of anilines is 2. The lowest BCUT2D eigenvalue weighted by molar-refractivity contribution is -0.124. The van der Waals surface area contributed by atoms with E-state index in [1.807, 2.05) is 20.8 Å². The summed E-state index contributed by atoms with van der Waals surface area (Å²) in [5.41, 5.74) is 8.66. The molecule has 0 spiro atoms. The summed E-state index contributed by atoms with van der Waals surface area (Å²) in [4.78, 5) is 29.1. The highest BCUT2D eigenvalue weighted by atomic mass is 19.1. The largest absolute Gasteiger partial charge is 0.383 e. The van der Waals surface area contributed by atoms with E-state index in [0.717, 1.165) is 23.3 Å². The lowest BCUT2D eigenvalue weighted by Crippen LogP contribution is -2.30. The number of carbonyl (C=O) groups excluding carboxylic acids is 2. The molecule has 0 aliphatic rings. The summed E-state index contributed by atoms with van der Waals surface area (Å²) in [7, 11) is 0. The van der Waals surface area contributed by atoms with Crippen LogP contribution in [0.5, 0.6) is 0 Å². The molecule has 2 aromatic carbocycles. The Hall–Kier alpha value is -3.85. The quantitative estimate of drug-likeness (QED) is 0.418. The number of benzene rings is 2. The smallest absolute Gasteiger partial charge is 0.257 e. The number of aliphatic hydroxyl groups is 1. The first kappa shape index (κ1) is 24.8. The maximum atomic E-state index is 13.4. The molecule has 1 unspecified atom stereocenters. The van der Waals surface area contributed by atoms with Crippen LogP contribution in [0.1, 0.15) is 48.4 Å². The molecule has 178 valence electrons. The highest BCUT2D eigenvalue weighted by Gasteiger charge is 2.20. The minimum Gasteiger partial charge on any atom is -0.383 e. The number of nitrogens with one attached hydrogen (secondary N) is 2. The molecule has 0 aliphatic carbocycles. The van der Waals surface area contributed by atoms with E-state index in [-0.39, 0.29) is 28.9 Å². The van der Waals surface area contributed by atoms with E-state index < -0.39 is 23.6 Å². The van der Waals surface area contributed by atoms with Crippen molar-refractivity contribution in [1.29, 1.82) is 0 Å². The third kappa shape index (κ3) is 5.74. The summed E-state index contributed by atoms with van der Waals surface area (Å²) in [6.07, 6.45) is 0.406. The van der Waals surface area contributed by atoms with Gasteiger partial charge in [0.2, 0.25) is 0 Å². The zero-order valence-electron chi connectivity index (χ0n) is 19.0. The third-order valence-corrected chi connectivity index (χ3v) is 5.10. The minimum atomic E-state index is -1.75. The van der Waals surface area contributed by atoms with Crippen LogP contribution in [0.2, 0.25) is 0 Å². The Balaban J connectivity index is 1.86. The molecule has 2 amide bonds. The molecule has 1 aromatic heterocycles. The third-order valence-electron chi connectivity index (χ3n) is 5.10. The molecule has 0 radical (unpaired) electrons. The van der Waals surface area contributed by atoms with Crippen molar-refractivity contribution in [2.75, 3.05) is 11.1 Å². The highest BCUT2D eigenvalue weighted by molar-refractivity contribution is 6.00. The number of amides is 2. The van der Waals surface area contributed by atoms with E-state index in [4.69, 9.17) is 5.73 Å². The van der Waals surface area contributed by atoms with Crippen molar-refractivity contribution in [3.8, 4) is 11.1 Å². The van der Waals surface area contributed by atoms with Gasteiger partial charge in [0, 0.05) is 29.6 Å². The predicted molar refractivity (Wildman–Crippen MR) is 126 cm³/mol. The van der Waals surface area contributed by atoms with Gasteiger partial charge < -0.3 is 21.5 Å². The van der Waals surface area contributed by atoms with Crippen LogP contribution in [-0.4, -0.2) is 27.9 Å². The molecule has 0 fully saturated rings. The molecule has 9 heteroatoms. The maximum Gasteiger partial charge on any atom is 0.257 e. The molecular weight excluding hydrogens is 442 g/mol. The summed E-state index contributed by atoms with van der Waals surface area (Å²) < 4.78 is 26.9. The average molecular weight is 469 g/mol. The second kappa shape index (κ2) is 10.4. The van der Waals surface area contributed by atoms with Crippen molar-refractivity contribution >= 4 is 23.3 Å². The normalized spacial score (nSPS) is 11.9. The van der Waals surface area contributed by atoms with E-state index in [0.29, 0.717) is 23.7 Å². The Morgan fingerprint density at radius 2 is 1.76 bits per heavy atom. The number of hydrogen-bond donors (Lipinski definition) is 4. The first-order valence-corrected chi connectivity index (χ1v) is 10.7. The van der Waals surface area contributed by atoms with Gasteiger partial charge in [0.25, 0.3) is 11.8 Å². The van der Waals surface area contributed by atoms with Crippen molar-refractivity contribution < 1.29 is 23.5 Å². The van der Waals surface area contributed by atoms with Gasteiger partial charge in [0.15, 0.2) is 6.10 Å². The fraction of sp³-hybridized carbons (Fsp3) is 0.240. The van der Waals surface area contributed by atoms with Gasteiger partial charge >= 0.3 is 0 Å². The van der Waals surface area contributed by atoms with Gasteiger partial charge in [-0.3, -0.25) is 9.59 Å². The van der Waals surface area contributed by atoms with E-state index >= 15 is 0 Å². The van der Waals surface area contributed by atoms with Crippen LogP contribution in [-0.2, 0) is 11.2 Å². The number of nitrogen functional groups attached to an aromatic ring is 1. The van der Waals surface area contributed by atoms with Crippen molar-refractivity contribution in [3.63, 3.8) is 0 Å². The van der Waals surface area contributed by atoms with E-state index in [9.17, 15) is 23.5 Å². The number of hydrogen-bond acceptors (Lipinski definition) is 5. The molecule has 7 nitrogen and oxygen atoms in total. The van der Waals surface area contributed by atoms with Gasteiger partial charge in [-0.2, -0.15) is 0 Å². The number of nitrogens with two attached hydrogens (primary N) is 1. The van der Waals surface area contributed by atoms with Gasteiger partial charge in [0.1, 0.15) is 17.5 Å². The van der Waals surface area contributed by atoms with E-state index in [1.165, 1.54) is 0 Å². The molecule has 1 atom stereocenters. The number of pyridine rings is 1. The lowest BCUT2D eigenvalue weighted by atomic mass is 9.97. The van der Waals surface area contributed by atoms with Gasteiger partial charge in [0.05, 0.1) is 5.56 Å². The summed E-state index contributed by atoms with van der Waals surface area (Å²) in [6, 6.07) is 9.14. The fourth-order valence-corrected chi connectivity index (χ4v) is 3.49. The summed E-state index contributed by atoms with van der Waals surface area (Å²) >= 11 is 0. The molecule has 34 heavy (non-hydrogen) atoms. The standard InChI is InChI=1S/C25H26F2N4O3/c1-4-14-9-19(31-25(34)22(32)15-7-17(26)11-18(27)8-15)5-6-20(14)16-10-21(23(28)29-12-16)24(33)30-13(2)3/h5-13,22,32H,4H2,1-3H3,(H2,28,29)(H,30,33)(H,31,34). The molecule has 1 heterocycles. The highest BCUT2D eigenvalue weighted by Crippen LogP contribution is 2.29. The van der Waals surface area contributed by atoms with Crippen LogP contribution < -0.4 is 16.4 Å². The zero-order valence-corrected chi connectivity index (χ0v) is 19.0. The van der Waals surface area contributed by atoms with Gasteiger partial charge in [-0.25, -0.2) is 13.8 Å². The summed E-state index contributed by atoms with van der Waals surface area (Å²) in [5.74, 6) is -2.82. The first-order chi connectivity index (χ1) is 16.1. The van der Waals surface area contributed by atoms with E-state index in [1.54, 1.807) is 30.5 Å². The molecule has 0 saturated carbocycles. The topological polar surface area (TPSA) is 117 Å². The van der Waals surface area contributed by atoms with Crippen LogP contribution >= 0.6 is 0 Å². The minimum absolute atomic E-state index is 0.0659. The van der Waals surface area contributed by atoms with Crippen LogP contribution in [0.4, 0.5) is 20.3 Å². The monoisotopic (exact) mass is 468 g/mol. The number of carbonyl (C=O) groups is 2. The van der Waals surface area contributed by atoms with Crippen molar-refractivity contribution in [2.45, 2.75) is 39.3 Å². The SMILES string of the molecule is CCc1cc(NC(=O)C(O)c2cc(F)cc(F)c2)ccc1-c1cnc(N)c(C(=O)NC(C)C)c1. The molecule has 0 bridgehead atoms. The number of nitrogens with zero attached hydrogens (tertiary/aromatic N) is 1. The molecule has 3 aromatic rings. The van der Waals surface area contributed by atoms with Gasteiger partial charge in [-0.05, 0) is 67.3 Å². The summed E-state index contributed by atoms with van der Waals surface area (Å²) in [5, 5.41) is 15.6. The summed E-state index contributed by atoms with van der Waals surface area (Å²) in [6.45, 7) is 5.61. The van der Waals surface area contributed by atoms with Crippen molar-refractivity contribution in [2.24, 2.45) is 0 Å². The molecular formula is C25H26F2N4O3. The first-order valence-electron chi connectivity index (χ1n) is 10.7. The predicted octanol–water partition coefficient (Wildman–Crippen LogP) is 3.98. The Kier molecular flexibility index (Phi) is 7.57. The number of aryl methyl sites for hydroxylation is 1. The van der Waals surface area contributed by atoms with Crippen LogP contribution in [0.25, 0.3) is 11.1 Å². The van der Waals surface area contributed by atoms with Crippen LogP contribution in [0, 0.1) is 11.6 Å². The number of halogens is 2.